The van der Waals surface area contributed by atoms with Crippen molar-refractivity contribution in [3.05, 3.63) is 47.8 Å². The van der Waals surface area contributed by atoms with E-state index in [1.54, 1.807) is 0 Å². The molecule has 1 N–H and O–H groups in total. The smallest absolute Gasteiger partial charge is 0.0641 e. The first-order valence-electron chi connectivity index (χ1n) is 8.78. The van der Waals surface area contributed by atoms with Gasteiger partial charge in [0, 0.05) is 43.6 Å². The summed E-state index contributed by atoms with van der Waals surface area (Å²) in [6.07, 6.45) is 3.31. The highest BCUT2D eigenvalue weighted by Gasteiger charge is 2.24. The Labute approximate surface area is 144 Å². The molecule has 3 rings (SSSR count). The second-order valence-corrected chi connectivity index (χ2v) is 6.86. The summed E-state index contributed by atoms with van der Waals surface area (Å²) in [7, 11) is 2.19. The van der Waals surface area contributed by atoms with Gasteiger partial charge < -0.3 is 14.9 Å². The average molecular weight is 328 g/mol. The number of nitrogens with zero attached hydrogens (tertiary/aromatic N) is 4. The van der Waals surface area contributed by atoms with Crippen molar-refractivity contribution in [3.8, 4) is 0 Å². The van der Waals surface area contributed by atoms with Crippen LogP contribution in [0.4, 0.5) is 5.69 Å². The molecule has 1 aliphatic rings. The second-order valence-electron chi connectivity index (χ2n) is 6.86. The molecule has 0 unspecified atom stereocenters. The Kier molecular flexibility index (Phi) is 5.53. The summed E-state index contributed by atoms with van der Waals surface area (Å²) in [4.78, 5) is 4.88. The molecule has 1 fully saturated rings. The van der Waals surface area contributed by atoms with Crippen molar-refractivity contribution in [2.24, 2.45) is 5.92 Å². The molecule has 130 valence electrons. The van der Waals surface area contributed by atoms with E-state index < -0.39 is 0 Å². The number of aliphatic hydroxyl groups is 1. The third-order valence-electron chi connectivity index (χ3n) is 4.79. The fraction of sp³-hybridized carbons (Fsp3) is 0.526. The monoisotopic (exact) mass is 328 g/mol. The summed E-state index contributed by atoms with van der Waals surface area (Å²) < 4.78 is 1.84. The van der Waals surface area contributed by atoms with E-state index in [4.69, 9.17) is 5.11 Å². The van der Waals surface area contributed by atoms with Gasteiger partial charge in [-0.1, -0.05) is 18.2 Å². The van der Waals surface area contributed by atoms with E-state index >= 15 is 0 Å². The van der Waals surface area contributed by atoms with Gasteiger partial charge in [0.15, 0.2) is 0 Å². The minimum absolute atomic E-state index is 0.133. The highest BCUT2D eigenvalue weighted by atomic mass is 16.3. The number of para-hydroxylation sites is 1. The van der Waals surface area contributed by atoms with Gasteiger partial charge in [0.25, 0.3) is 0 Å². The van der Waals surface area contributed by atoms with Crippen LogP contribution in [0.25, 0.3) is 0 Å². The Hall–Kier alpha value is -1.85. The van der Waals surface area contributed by atoms with Crippen LogP contribution in [0.3, 0.4) is 0 Å². The van der Waals surface area contributed by atoms with Gasteiger partial charge in [0.05, 0.1) is 18.8 Å². The zero-order chi connectivity index (χ0) is 16.9. The number of rotatable bonds is 7. The Morgan fingerprint density at radius 3 is 2.83 bits per heavy atom. The lowest BCUT2D eigenvalue weighted by Crippen LogP contribution is -2.28. The van der Waals surface area contributed by atoms with Crippen LogP contribution in [-0.4, -0.2) is 53.1 Å². The maximum Gasteiger partial charge on any atom is 0.0641 e. The molecule has 5 nitrogen and oxygen atoms in total. The minimum Gasteiger partial charge on any atom is -0.394 e. The van der Waals surface area contributed by atoms with Crippen molar-refractivity contribution in [2.45, 2.75) is 26.4 Å². The molecule has 1 aromatic heterocycles. The first-order chi connectivity index (χ1) is 11.7. The van der Waals surface area contributed by atoms with Gasteiger partial charge in [-0.15, -0.1) is 0 Å². The number of anilines is 1. The van der Waals surface area contributed by atoms with Crippen LogP contribution in [0, 0.1) is 12.8 Å². The van der Waals surface area contributed by atoms with Gasteiger partial charge in [0.2, 0.25) is 0 Å². The first kappa shape index (κ1) is 17.0. The van der Waals surface area contributed by atoms with Crippen molar-refractivity contribution in [1.82, 2.24) is 14.7 Å². The molecular formula is C19H28N4O. The number of aryl methyl sites for hydroxylation is 1. The van der Waals surface area contributed by atoms with Crippen LogP contribution >= 0.6 is 0 Å². The Morgan fingerprint density at radius 1 is 1.29 bits per heavy atom. The van der Waals surface area contributed by atoms with E-state index in [2.05, 4.69) is 58.5 Å². The lowest BCUT2D eigenvalue weighted by atomic mass is 10.1. The van der Waals surface area contributed by atoms with E-state index in [-0.39, 0.29) is 6.61 Å². The van der Waals surface area contributed by atoms with Gasteiger partial charge in [-0.25, -0.2) is 0 Å². The molecule has 0 amide bonds. The van der Waals surface area contributed by atoms with Crippen LogP contribution in [-0.2, 0) is 13.1 Å². The van der Waals surface area contributed by atoms with Crippen LogP contribution < -0.4 is 4.90 Å². The average Bonchev–Trinajstić information content (AvgIpc) is 3.16. The van der Waals surface area contributed by atoms with Crippen LogP contribution in [0.15, 0.2) is 36.5 Å². The summed E-state index contributed by atoms with van der Waals surface area (Å²) in [6.45, 7) is 7.05. The first-order valence-corrected chi connectivity index (χ1v) is 8.78. The third kappa shape index (κ3) is 4.16. The van der Waals surface area contributed by atoms with Crippen LogP contribution in [0.1, 0.15) is 17.7 Å². The van der Waals surface area contributed by atoms with Gasteiger partial charge in [0.1, 0.15) is 0 Å². The molecule has 2 heterocycles. The molecule has 1 aliphatic heterocycles. The van der Waals surface area contributed by atoms with Crippen molar-refractivity contribution in [2.75, 3.05) is 38.2 Å². The van der Waals surface area contributed by atoms with E-state index in [1.807, 2.05) is 11.6 Å². The lowest BCUT2D eigenvalue weighted by molar-refractivity contribution is 0.268. The number of aliphatic hydroxyl groups excluding tert-OH is 1. The largest absolute Gasteiger partial charge is 0.394 e. The van der Waals surface area contributed by atoms with Gasteiger partial charge in [-0.3, -0.25) is 4.68 Å². The van der Waals surface area contributed by atoms with E-state index in [9.17, 15) is 0 Å². The van der Waals surface area contributed by atoms with Gasteiger partial charge in [-0.05, 0) is 38.4 Å². The molecule has 1 atom stereocenters. The van der Waals surface area contributed by atoms with Crippen molar-refractivity contribution in [1.29, 1.82) is 0 Å². The summed E-state index contributed by atoms with van der Waals surface area (Å²) >= 11 is 0. The summed E-state index contributed by atoms with van der Waals surface area (Å²) in [6, 6.07) is 10.7. The second kappa shape index (κ2) is 7.81. The standard InChI is InChI=1S/C19H28N4O/c1-16-18(15-23(20-16)10-11-24)14-21(2)12-17-8-9-22(13-17)19-6-4-3-5-7-19/h3-7,15,17,24H,8-14H2,1-2H3/t17-/m0/s1. The quantitative estimate of drug-likeness (QED) is 0.846. The predicted octanol–water partition coefficient (Wildman–Crippen LogP) is 2.14. The van der Waals surface area contributed by atoms with Crippen LogP contribution in [0.2, 0.25) is 0 Å². The van der Waals surface area contributed by atoms with E-state index in [1.165, 1.54) is 17.7 Å². The normalized spacial score (nSPS) is 17.8. The molecule has 1 aromatic carbocycles. The molecule has 1 saturated heterocycles. The van der Waals surface area contributed by atoms with Gasteiger partial charge >= 0.3 is 0 Å². The number of hydrogen-bond acceptors (Lipinski definition) is 4. The van der Waals surface area contributed by atoms with Gasteiger partial charge in [-0.2, -0.15) is 5.10 Å². The highest BCUT2D eigenvalue weighted by molar-refractivity contribution is 5.46. The van der Waals surface area contributed by atoms with Crippen molar-refractivity contribution >= 4 is 5.69 Å². The van der Waals surface area contributed by atoms with E-state index in [0.717, 1.165) is 31.9 Å². The SMILES string of the molecule is Cc1nn(CCO)cc1CN(C)C[C@@H]1CCN(c2ccccc2)C1. The molecule has 0 bridgehead atoms. The molecule has 0 radical (unpaired) electrons. The van der Waals surface area contributed by atoms with Crippen molar-refractivity contribution < 1.29 is 5.11 Å². The topological polar surface area (TPSA) is 44.5 Å². The summed E-state index contributed by atoms with van der Waals surface area (Å²) in [5.74, 6) is 0.711. The molecule has 0 saturated carbocycles. The molecule has 5 heteroatoms. The number of aromatic nitrogens is 2. The fourth-order valence-corrected chi connectivity index (χ4v) is 3.58. The fourth-order valence-electron chi connectivity index (χ4n) is 3.58. The zero-order valence-corrected chi connectivity index (χ0v) is 14.7. The number of benzene rings is 1. The third-order valence-corrected chi connectivity index (χ3v) is 4.79. The Morgan fingerprint density at radius 2 is 2.08 bits per heavy atom. The maximum atomic E-state index is 9.03. The Bertz CT molecular complexity index is 640. The molecular weight excluding hydrogens is 300 g/mol. The minimum atomic E-state index is 0.133. The Balaban J connectivity index is 1.51. The van der Waals surface area contributed by atoms with Crippen molar-refractivity contribution in [3.63, 3.8) is 0 Å². The number of hydrogen-bond donors (Lipinski definition) is 1. The molecule has 24 heavy (non-hydrogen) atoms. The molecule has 0 spiro atoms. The molecule has 0 aliphatic carbocycles. The molecule has 2 aromatic rings. The van der Waals surface area contributed by atoms with E-state index in [0.29, 0.717) is 12.5 Å². The van der Waals surface area contributed by atoms with Crippen LogP contribution in [0.5, 0.6) is 0 Å². The summed E-state index contributed by atoms with van der Waals surface area (Å²) in [5.41, 5.74) is 3.65. The lowest BCUT2D eigenvalue weighted by Gasteiger charge is -2.22. The zero-order valence-electron chi connectivity index (χ0n) is 14.7. The maximum absolute atomic E-state index is 9.03. The predicted molar refractivity (Wildman–Crippen MR) is 97.1 cm³/mol. The summed E-state index contributed by atoms with van der Waals surface area (Å²) in [5, 5.41) is 13.5. The highest BCUT2D eigenvalue weighted by Crippen LogP contribution is 2.24.